The zero-order valence-corrected chi connectivity index (χ0v) is 13.2. The average Bonchev–Trinajstić information content (AvgIpc) is 2.52. The molecule has 1 saturated carbocycles. The Morgan fingerprint density at radius 3 is 2.67 bits per heavy atom. The molecule has 0 unspecified atom stereocenters. The molecule has 1 aliphatic rings. The number of nitrogens with one attached hydrogen (secondary N) is 2. The summed E-state index contributed by atoms with van der Waals surface area (Å²) in [5.41, 5.74) is 1.72. The number of carbonyl (C=O) groups is 1. The Bertz CT molecular complexity index is 450. The van der Waals surface area contributed by atoms with Crippen LogP contribution in [0.25, 0.3) is 0 Å². The van der Waals surface area contributed by atoms with E-state index in [1.54, 1.807) is 12.3 Å². The van der Waals surface area contributed by atoms with E-state index in [4.69, 9.17) is 0 Å². The maximum Gasteiger partial charge on any atom is 0.269 e. The van der Waals surface area contributed by atoms with E-state index in [0.29, 0.717) is 5.69 Å². The summed E-state index contributed by atoms with van der Waals surface area (Å²) < 4.78 is 0. The fourth-order valence-electron chi connectivity index (χ4n) is 2.87. The highest BCUT2D eigenvalue weighted by Crippen LogP contribution is 2.34. The fourth-order valence-corrected chi connectivity index (χ4v) is 2.87. The van der Waals surface area contributed by atoms with Gasteiger partial charge in [0.2, 0.25) is 0 Å². The Kier molecular flexibility index (Phi) is 5.59. The molecular weight excluding hydrogens is 262 g/mol. The van der Waals surface area contributed by atoms with Gasteiger partial charge in [0.15, 0.2) is 0 Å². The topological polar surface area (TPSA) is 54.0 Å². The second-order valence-electron chi connectivity index (χ2n) is 6.41. The van der Waals surface area contributed by atoms with Crippen LogP contribution in [0.5, 0.6) is 0 Å². The summed E-state index contributed by atoms with van der Waals surface area (Å²) in [4.78, 5) is 16.4. The quantitative estimate of drug-likeness (QED) is 0.841. The minimum atomic E-state index is -0.0659. The van der Waals surface area contributed by atoms with Gasteiger partial charge in [0.05, 0.1) is 11.9 Å². The van der Waals surface area contributed by atoms with Gasteiger partial charge in [-0.2, -0.15) is 0 Å². The highest BCUT2D eigenvalue weighted by Gasteiger charge is 2.27. The van der Waals surface area contributed by atoms with Crippen molar-refractivity contribution in [1.29, 1.82) is 0 Å². The van der Waals surface area contributed by atoms with Crippen LogP contribution in [0.3, 0.4) is 0 Å². The Hall–Kier alpha value is -1.58. The van der Waals surface area contributed by atoms with Gasteiger partial charge in [-0.25, -0.2) is 4.98 Å². The molecule has 1 heterocycles. The van der Waals surface area contributed by atoms with Gasteiger partial charge in [-0.1, -0.05) is 33.1 Å². The molecule has 2 rings (SSSR count). The minimum absolute atomic E-state index is 0.0659. The van der Waals surface area contributed by atoms with Crippen LogP contribution in [0.2, 0.25) is 0 Å². The molecule has 0 saturated heterocycles. The summed E-state index contributed by atoms with van der Waals surface area (Å²) >= 11 is 0. The van der Waals surface area contributed by atoms with Crippen molar-refractivity contribution >= 4 is 11.6 Å². The first kappa shape index (κ1) is 15.8. The number of aromatic nitrogens is 1. The molecule has 0 spiro atoms. The number of rotatable bonds is 6. The van der Waals surface area contributed by atoms with Crippen LogP contribution in [-0.2, 0) is 0 Å². The summed E-state index contributed by atoms with van der Waals surface area (Å²) in [5.74, 6) is -0.0659. The van der Waals surface area contributed by atoms with Gasteiger partial charge in [-0.3, -0.25) is 4.79 Å². The van der Waals surface area contributed by atoms with Crippen LogP contribution >= 0.6 is 0 Å². The third-order valence-electron chi connectivity index (χ3n) is 4.31. The molecule has 21 heavy (non-hydrogen) atoms. The first-order valence-electron chi connectivity index (χ1n) is 8.11. The first-order chi connectivity index (χ1) is 10.1. The fraction of sp³-hybridized carbons (Fsp3) is 0.647. The van der Waals surface area contributed by atoms with E-state index in [0.717, 1.165) is 25.2 Å². The van der Waals surface area contributed by atoms with Crippen molar-refractivity contribution in [2.75, 3.05) is 18.4 Å². The number of anilines is 1. The second kappa shape index (κ2) is 7.43. The normalized spacial score (nSPS) is 17.2. The summed E-state index contributed by atoms with van der Waals surface area (Å²) in [7, 11) is 0. The van der Waals surface area contributed by atoms with E-state index >= 15 is 0 Å². The average molecular weight is 289 g/mol. The van der Waals surface area contributed by atoms with Gasteiger partial charge >= 0.3 is 0 Å². The Morgan fingerprint density at radius 2 is 2.05 bits per heavy atom. The second-order valence-corrected chi connectivity index (χ2v) is 6.41. The summed E-state index contributed by atoms with van der Waals surface area (Å²) in [6, 6.07) is 3.70. The van der Waals surface area contributed by atoms with Gasteiger partial charge in [0, 0.05) is 13.1 Å². The predicted molar refractivity (Wildman–Crippen MR) is 86.5 cm³/mol. The molecule has 116 valence electrons. The molecule has 4 nitrogen and oxygen atoms in total. The molecular formula is C17H27N3O. The predicted octanol–water partition coefficient (Wildman–Crippen LogP) is 3.60. The highest BCUT2D eigenvalue weighted by atomic mass is 16.1. The van der Waals surface area contributed by atoms with Crippen molar-refractivity contribution in [3.63, 3.8) is 0 Å². The van der Waals surface area contributed by atoms with Gasteiger partial charge in [-0.15, -0.1) is 0 Å². The number of pyridine rings is 1. The molecule has 4 heteroatoms. The molecule has 1 aromatic heterocycles. The number of amides is 1. The zero-order valence-electron chi connectivity index (χ0n) is 13.2. The maximum absolute atomic E-state index is 12.2. The van der Waals surface area contributed by atoms with Gasteiger partial charge in [-0.05, 0) is 36.8 Å². The molecule has 0 aliphatic heterocycles. The van der Waals surface area contributed by atoms with Gasteiger partial charge in [0.1, 0.15) is 5.69 Å². The lowest BCUT2D eigenvalue weighted by Gasteiger charge is -2.33. The van der Waals surface area contributed by atoms with Crippen LogP contribution in [0.15, 0.2) is 18.3 Å². The molecule has 1 amide bonds. The third-order valence-corrected chi connectivity index (χ3v) is 4.31. The van der Waals surface area contributed by atoms with E-state index in [1.807, 2.05) is 6.07 Å². The largest absolute Gasteiger partial charge is 0.384 e. The Morgan fingerprint density at radius 1 is 1.29 bits per heavy atom. The molecule has 0 aromatic carbocycles. The molecule has 0 bridgehead atoms. The molecule has 2 N–H and O–H groups in total. The SMILES string of the molecule is CCCNc1ccc(C(=O)NCC2(C)CCCCC2)nc1. The smallest absolute Gasteiger partial charge is 0.269 e. The highest BCUT2D eigenvalue weighted by molar-refractivity contribution is 5.92. The van der Waals surface area contributed by atoms with E-state index in [9.17, 15) is 4.79 Å². The molecule has 1 fully saturated rings. The monoisotopic (exact) mass is 289 g/mol. The molecule has 1 aromatic rings. The Balaban J connectivity index is 1.85. The van der Waals surface area contributed by atoms with E-state index in [-0.39, 0.29) is 11.3 Å². The number of nitrogens with zero attached hydrogens (tertiary/aromatic N) is 1. The van der Waals surface area contributed by atoms with Crippen molar-refractivity contribution in [3.05, 3.63) is 24.0 Å². The molecule has 0 radical (unpaired) electrons. The van der Waals surface area contributed by atoms with E-state index in [1.165, 1.54) is 32.1 Å². The van der Waals surface area contributed by atoms with Crippen molar-refractivity contribution in [1.82, 2.24) is 10.3 Å². The van der Waals surface area contributed by atoms with E-state index < -0.39 is 0 Å². The maximum atomic E-state index is 12.2. The van der Waals surface area contributed by atoms with Gasteiger partial charge < -0.3 is 10.6 Å². The standard InChI is InChI=1S/C17H27N3O/c1-3-11-18-14-7-8-15(19-12-14)16(21)20-13-17(2)9-5-4-6-10-17/h7-8,12,18H,3-6,9-11,13H2,1-2H3,(H,20,21). The number of hydrogen-bond donors (Lipinski definition) is 2. The lowest BCUT2D eigenvalue weighted by molar-refractivity contribution is 0.0914. The van der Waals surface area contributed by atoms with Gasteiger partial charge in [0.25, 0.3) is 5.91 Å². The van der Waals surface area contributed by atoms with Crippen LogP contribution in [0, 0.1) is 5.41 Å². The zero-order chi connectivity index (χ0) is 15.1. The molecule has 1 aliphatic carbocycles. The van der Waals surface area contributed by atoms with Crippen molar-refractivity contribution in [2.45, 2.75) is 52.4 Å². The summed E-state index contributed by atoms with van der Waals surface area (Å²) in [5, 5.41) is 6.31. The van der Waals surface area contributed by atoms with Crippen LogP contribution in [0.4, 0.5) is 5.69 Å². The third kappa shape index (κ3) is 4.73. The number of hydrogen-bond acceptors (Lipinski definition) is 3. The lowest BCUT2D eigenvalue weighted by atomic mass is 9.76. The van der Waals surface area contributed by atoms with Crippen LogP contribution in [-0.4, -0.2) is 24.0 Å². The Labute approximate surface area is 127 Å². The number of carbonyl (C=O) groups excluding carboxylic acids is 1. The van der Waals surface area contributed by atoms with Crippen LogP contribution in [0.1, 0.15) is 62.9 Å². The minimum Gasteiger partial charge on any atom is -0.384 e. The summed E-state index contributed by atoms with van der Waals surface area (Å²) in [6.07, 6.45) is 9.11. The lowest BCUT2D eigenvalue weighted by Crippen LogP contribution is -2.37. The van der Waals surface area contributed by atoms with Crippen molar-refractivity contribution in [2.24, 2.45) is 5.41 Å². The first-order valence-corrected chi connectivity index (χ1v) is 8.11. The van der Waals surface area contributed by atoms with Crippen LogP contribution < -0.4 is 10.6 Å². The van der Waals surface area contributed by atoms with E-state index in [2.05, 4.69) is 29.5 Å². The summed E-state index contributed by atoms with van der Waals surface area (Å²) in [6.45, 7) is 6.07. The van der Waals surface area contributed by atoms with Crippen molar-refractivity contribution < 1.29 is 4.79 Å². The molecule has 0 atom stereocenters. The van der Waals surface area contributed by atoms with Crippen molar-refractivity contribution in [3.8, 4) is 0 Å².